The summed E-state index contributed by atoms with van der Waals surface area (Å²) in [5.41, 5.74) is 0.466. The van der Waals surface area contributed by atoms with Gasteiger partial charge in [-0.1, -0.05) is 6.92 Å². The predicted octanol–water partition coefficient (Wildman–Crippen LogP) is 1.35. The number of rotatable bonds is 5. The lowest BCUT2D eigenvalue weighted by Crippen LogP contribution is -2.48. The zero-order chi connectivity index (χ0) is 16.4. The lowest BCUT2D eigenvalue weighted by Gasteiger charge is -2.33. The number of aromatic nitrogens is 2. The zero-order valence-electron chi connectivity index (χ0n) is 13.2. The van der Waals surface area contributed by atoms with Crippen LogP contribution < -0.4 is 0 Å². The van der Waals surface area contributed by atoms with E-state index in [9.17, 15) is 8.42 Å². The SMILES string of the molecule is CCCN1CCN(S(=O)(=O)c2cc(-c3nnc(C)o3)co2)CC1. The maximum absolute atomic E-state index is 12.6. The summed E-state index contributed by atoms with van der Waals surface area (Å²) in [7, 11) is -3.63. The summed E-state index contributed by atoms with van der Waals surface area (Å²) in [5.74, 6) is 0.665. The molecule has 0 saturated carbocycles. The van der Waals surface area contributed by atoms with Crippen LogP contribution in [0.25, 0.3) is 11.5 Å². The highest BCUT2D eigenvalue weighted by atomic mass is 32.2. The summed E-state index contributed by atoms with van der Waals surface area (Å²) in [4.78, 5) is 2.26. The van der Waals surface area contributed by atoms with Crippen LogP contribution in [0.3, 0.4) is 0 Å². The molecule has 0 N–H and O–H groups in total. The van der Waals surface area contributed by atoms with Gasteiger partial charge in [0.05, 0.1) is 5.56 Å². The molecule has 2 aromatic rings. The fourth-order valence-electron chi connectivity index (χ4n) is 2.61. The molecule has 0 atom stereocenters. The van der Waals surface area contributed by atoms with Gasteiger partial charge in [-0.3, -0.25) is 0 Å². The topological polar surface area (TPSA) is 92.7 Å². The Labute approximate surface area is 135 Å². The molecule has 1 aliphatic rings. The van der Waals surface area contributed by atoms with Crippen LogP contribution >= 0.6 is 0 Å². The highest BCUT2D eigenvalue weighted by Gasteiger charge is 2.31. The van der Waals surface area contributed by atoms with E-state index in [1.807, 2.05) is 0 Å². The van der Waals surface area contributed by atoms with E-state index in [1.54, 1.807) is 6.92 Å². The Morgan fingerprint density at radius 2 is 1.96 bits per heavy atom. The van der Waals surface area contributed by atoms with Crippen molar-refractivity contribution < 1.29 is 17.3 Å². The van der Waals surface area contributed by atoms with Gasteiger partial charge in [0.25, 0.3) is 15.9 Å². The Morgan fingerprint density at radius 3 is 2.57 bits per heavy atom. The molecule has 0 radical (unpaired) electrons. The lowest BCUT2D eigenvalue weighted by molar-refractivity contribution is 0.187. The van der Waals surface area contributed by atoms with Gasteiger partial charge in [0.15, 0.2) is 0 Å². The number of hydrogen-bond acceptors (Lipinski definition) is 7. The van der Waals surface area contributed by atoms with Crippen LogP contribution in [0.2, 0.25) is 0 Å². The monoisotopic (exact) mass is 340 g/mol. The zero-order valence-corrected chi connectivity index (χ0v) is 14.0. The Balaban J connectivity index is 1.75. The van der Waals surface area contributed by atoms with E-state index in [-0.39, 0.29) is 11.0 Å². The van der Waals surface area contributed by atoms with Crippen molar-refractivity contribution in [2.24, 2.45) is 0 Å². The van der Waals surface area contributed by atoms with Crippen LogP contribution in [0.4, 0.5) is 0 Å². The van der Waals surface area contributed by atoms with E-state index in [2.05, 4.69) is 22.0 Å². The van der Waals surface area contributed by atoms with E-state index in [4.69, 9.17) is 8.83 Å². The van der Waals surface area contributed by atoms with Gasteiger partial charge in [-0.05, 0) is 13.0 Å². The van der Waals surface area contributed by atoms with Crippen molar-refractivity contribution in [2.75, 3.05) is 32.7 Å². The minimum atomic E-state index is -3.63. The quantitative estimate of drug-likeness (QED) is 0.811. The first-order valence-electron chi connectivity index (χ1n) is 7.62. The van der Waals surface area contributed by atoms with Crippen molar-refractivity contribution in [1.29, 1.82) is 0 Å². The molecule has 0 aliphatic carbocycles. The van der Waals surface area contributed by atoms with E-state index in [1.165, 1.54) is 16.6 Å². The van der Waals surface area contributed by atoms with Crippen molar-refractivity contribution in [3.63, 3.8) is 0 Å². The number of furan rings is 1. The van der Waals surface area contributed by atoms with Gasteiger partial charge in [0, 0.05) is 39.2 Å². The molecule has 126 valence electrons. The first-order chi connectivity index (χ1) is 11.0. The van der Waals surface area contributed by atoms with Crippen molar-refractivity contribution in [2.45, 2.75) is 25.4 Å². The summed E-state index contributed by atoms with van der Waals surface area (Å²) in [5, 5.41) is 7.50. The Hall–Kier alpha value is -1.71. The van der Waals surface area contributed by atoms with Crippen molar-refractivity contribution >= 4 is 10.0 Å². The number of sulfonamides is 1. The first kappa shape index (κ1) is 16.2. The lowest BCUT2D eigenvalue weighted by atomic mass is 10.3. The second-order valence-electron chi connectivity index (χ2n) is 5.53. The number of nitrogens with zero attached hydrogens (tertiary/aromatic N) is 4. The van der Waals surface area contributed by atoms with Crippen LogP contribution in [-0.2, 0) is 10.0 Å². The van der Waals surface area contributed by atoms with Gasteiger partial charge in [-0.25, -0.2) is 8.42 Å². The molecule has 1 aliphatic heterocycles. The number of hydrogen-bond donors (Lipinski definition) is 0. The summed E-state index contributed by atoms with van der Waals surface area (Å²) in [6.07, 6.45) is 2.39. The van der Waals surface area contributed by atoms with E-state index < -0.39 is 10.0 Å². The summed E-state index contributed by atoms with van der Waals surface area (Å²) in [6, 6.07) is 1.43. The molecule has 23 heavy (non-hydrogen) atoms. The smallest absolute Gasteiger partial charge is 0.276 e. The summed E-state index contributed by atoms with van der Waals surface area (Å²) in [6.45, 7) is 7.20. The van der Waals surface area contributed by atoms with Gasteiger partial charge in [-0.15, -0.1) is 10.2 Å². The minimum absolute atomic E-state index is 0.0905. The molecule has 3 rings (SSSR count). The second-order valence-corrected chi connectivity index (χ2v) is 7.40. The molecule has 0 unspecified atom stereocenters. The van der Waals surface area contributed by atoms with Gasteiger partial charge in [0.2, 0.25) is 11.0 Å². The number of aryl methyl sites for hydroxylation is 1. The van der Waals surface area contributed by atoms with Crippen LogP contribution in [0.1, 0.15) is 19.2 Å². The normalized spacial score (nSPS) is 17.7. The highest BCUT2D eigenvalue weighted by Crippen LogP contribution is 2.26. The van der Waals surface area contributed by atoms with Crippen molar-refractivity contribution in [3.05, 3.63) is 18.2 Å². The molecule has 8 nitrogen and oxygen atoms in total. The average molecular weight is 340 g/mol. The van der Waals surface area contributed by atoms with Crippen LogP contribution in [0.15, 0.2) is 26.3 Å². The second kappa shape index (κ2) is 6.42. The van der Waals surface area contributed by atoms with E-state index >= 15 is 0 Å². The van der Waals surface area contributed by atoms with Gasteiger partial charge < -0.3 is 13.7 Å². The van der Waals surface area contributed by atoms with Crippen LogP contribution in [0, 0.1) is 6.92 Å². The number of piperazine rings is 1. The van der Waals surface area contributed by atoms with E-state index in [0.29, 0.717) is 24.5 Å². The van der Waals surface area contributed by atoms with Crippen molar-refractivity contribution in [1.82, 2.24) is 19.4 Å². The van der Waals surface area contributed by atoms with Crippen molar-refractivity contribution in [3.8, 4) is 11.5 Å². The maximum Gasteiger partial charge on any atom is 0.276 e. The molecule has 0 amide bonds. The molecular formula is C14H20N4O4S. The third-order valence-corrected chi connectivity index (χ3v) is 5.58. The molecule has 0 aromatic carbocycles. The van der Waals surface area contributed by atoms with Gasteiger partial charge in [0.1, 0.15) is 6.26 Å². The molecule has 9 heteroatoms. The van der Waals surface area contributed by atoms with Crippen LogP contribution in [0.5, 0.6) is 0 Å². The predicted molar refractivity (Wildman–Crippen MR) is 82.2 cm³/mol. The molecule has 3 heterocycles. The molecule has 1 saturated heterocycles. The maximum atomic E-state index is 12.6. The molecule has 1 fully saturated rings. The molecular weight excluding hydrogens is 320 g/mol. The Morgan fingerprint density at radius 1 is 1.22 bits per heavy atom. The molecule has 0 spiro atoms. The van der Waals surface area contributed by atoms with Gasteiger partial charge in [-0.2, -0.15) is 4.31 Å². The molecule has 0 bridgehead atoms. The van der Waals surface area contributed by atoms with Gasteiger partial charge >= 0.3 is 0 Å². The van der Waals surface area contributed by atoms with Crippen LogP contribution in [-0.4, -0.2) is 60.5 Å². The Kier molecular flexibility index (Phi) is 4.51. The summed E-state index contributed by atoms with van der Waals surface area (Å²) < 4.78 is 37.3. The van der Waals surface area contributed by atoms with E-state index in [0.717, 1.165) is 26.1 Å². The fourth-order valence-corrected chi connectivity index (χ4v) is 3.96. The average Bonchev–Trinajstić information content (AvgIpc) is 3.17. The highest BCUT2D eigenvalue weighted by molar-refractivity contribution is 7.89. The standard InChI is InChI=1S/C14H20N4O4S/c1-3-4-17-5-7-18(8-6-17)23(19,20)13-9-12(10-21-13)14-16-15-11(2)22-14/h9-10H,3-8H2,1-2H3. The Bertz CT molecular complexity index is 759. The minimum Gasteiger partial charge on any atom is -0.451 e. The summed E-state index contributed by atoms with van der Waals surface area (Å²) >= 11 is 0. The third kappa shape index (κ3) is 3.31. The fraction of sp³-hybridized carbons (Fsp3) is 0.571. The molecule has 2 aromatic heterocycles. The first-order valence-corrected chi connectivity index (χ1v) is 9.06. The largest absolute Gasteiger partial charge is 0.451 e. The third-order valence-electron chi connectivity index (χ3n) is 3.81.